The molecule has 0 heterocycles. The standard InChI is InChI=1S/C12H18/c1-2-8-11-6-7-12(8)10-5-3-4-9(10)11/h3-4,8-12H,2,5-7H2,1H3. The molecule has 3 aliphatic carbocycles. The Morgan fingerprint density at radius 2 is 2.00 bits per heavy atom. The lowest BCUT2D eigenvalue weighted by Crippen LogP contribution is -2.16. The first kappa shape index (κ1) is 7.17. The summed E-state index contributed by atoms with van der Waals surface area (Å²) < 4.78 is 0. The van der Waals surface area contributed by atoms with Crippen molar-refractivity contribution in [3.8, 4) is 0 Å². The minimum absolute atomic E-state index is 1.01. The van der Waals surface area contributed by atoms with Gasteiger partial charge in [-0.1, -0.05) is 25.5 Å². The van der Waals surface area contributed by atoms with Crippen molar-refractivity contribution < 1.29 is 0 Å². The highest BCUT2D eigenvalue weighted by molar-refractivity contribution is 5.14. The summed E-state index contributed by atoms with van der Waals surface area (Å²) in [6, 6.07) is 0. The van der Waals surface area contributed by atoms with Crippen LogP contribution in [-0.2, 0) is 0 Å². The summed E-state index contributed by atoms with van der Waals surface area (Å²) in [5, 5.41) is 0. The Hall–Kier alpha value is -0.260. The van der Waals surface area contributed by atoms with Gasteiger partial charge in [0.1, 0.15) is 0 Å². The first-order chi connectivity index (χ1) is 5.92. The predicted molar refractivity (Wildman–Crippen MR) is 50.7 cm³/mol. The SMILES string of the molecule is CCC1C2CCC1C1CC=CC21. The van der Waals surface area contributed by atoms with E-state index in [2.05, 4.69) is 19.1 Å². The molecule has 0 nitrogen and oxygen atoms in total. The smallest absolute Gasteiger partial charge is 0.0168 e. The van der Waals surface area contributed by atoms with Gasteiger partial charge in [-0.2, -0.15) is 0 Å². The molecule has 12 heavy (non-hydrogen) atoms. The molecule has 0 N–H and O–H groups in total. The molecule has 0 radical (unpaired) electrons. The lowest BCUT2D eigenvalue weighted by Gasteiger charge is -2.23. The normalized spacial score (nSPS) is 54.9. The number of hydrogen-bond acceptors (Lipinski definition) is 0. The quantitative estimate of drug-likeness (QED) is 0.519. The fourth-order valence-corrected chi connectivity index (χ4v) is 4.36. The number of allylic oxidation sites excluding steroid dienone is 2. The molecule has 0 spiro atoms. The predicted octanol–water partition coefficient (Wildman–Crippen LogP) is 3.24. The minimum Gasteiger partial charge on any atom is -0.0879 e. The van der Waals surface area contributed by atoms with Crippen molar-refractivity contribution in [1.29, 1.82) is 0 Å². The van der Waals surface area contributed by atoms with Gasteiger partial charge in [0.2, 0.25) is 0 Å². The molecule has 0 heteroatoms. The van der Waals surface area contributed by atoms with Crippen LogP contribution in [0.15, 0.2) is 12.2 Å². The van der Waals surface area contributed by atoms with Gasteiger partial charge in [-0.3, -0.25) is 0 Å². The van der Waals surface area contributed by atoms with Crippen molar-refractivity contribution in [3.63, 3.8) is 0 Å². The van der Waals surface area contributed by atoms with E-state index in [1.54, 1.807) is 6.42 Å². The van der Waals surface area contributed by atoms with Gasteiger partial charge in [0.25, 0.3) is 0 Å². The molecule has 66 valence electrons. The monoisotopic (exact) mass is 162 g/mol. The maximum atomic E-state index is 2.52. The van der Waals surface area contributed by atoms with E-state index >= 15 is 0 Å². The summed E-state index contributed by atoms with van der Waals surface area (Å²) in [6.45, 7) is 2.39. The second-order valence-corrected chi connectivity index (χ2v) is 4.88. The average molecular weight is 162 g/mol. The van der Waals surface area contributed by atoms with Gasteiger partial charge in [-0.05, 0) is 48.9 Å². The van der Waals surface area contributed by atoms with Crippen LogP contribution in [0.1, 0.15) is 32.6 Å². The number of fused-ring (bicyclic) bond motifs is 5. The Labute approximate surface area is 75.0 Å². The van der Waals surface area contributed by atoms with Crippen molar-refractivity contribution in [2.24, 2.45) is 29.6 Å². The van der Waals surface area contributed by atoms with E-state index in [0.717, 1.165) is 29.6 Å². The van der Waals surface area contributed by atoms with Gasteiger partial charge in [0, 0.05) is 0 Å². The van der Waals surface area contributed by atoms with Gasteiger partial charge in [-0.25, -0.2) is 0 Å². The first-order valence-corrected chi connectivity index (χ1v) is 5.58. The first-order valence-electron chi connectivity index (χ1n) is 5.58. The molecule has 0 aromatic heterocycles. The molecule has 0 aliphatic heterocycles. The van der Waals surface area contributed by atoms with Crippen LogP contribution < -0.4 is 0 Å². The van der Waals surface area contributed by atoms with E-state index < -0.39 is 0 Å². The van der Waals surface area contributed by atoms with Crippen LogP contribution >= 0.6 is 0 Å². The van der Waals surface area contributed by atoms with Gasteiger partial charge < -0.3 is 0 Å². The third kappa shape index (κ3) is 0.694. The summed E-state index contributed by atoms with van der Waals surface area (Å²) in [5.41, 5.74) is 0. The Kier molecular flexibility index (Phi) is 1.42. The fourth-order valence-electron chi connectivity index (χ4n) is 4.36. The summed E-state index contributed by atoms with van der Waals surface area (Å²) in [6.07, 6.45) is 10.9. The molecule has 0 saturated heterocycles. The van der Waals surface area contributed by atoms with Gasteiger partial charge in [-0.15, -0.1) is 0 Å². The average Bonchev–Trinajstić information content (AvgIpc) is 2.75. The van der Waals surface area contributed by atoms with Crippen LogP contribution in [0.2, 0.25) is 0 Å². The second kappa shape index (κ2) is 2.37. The van der Waals surface area contributed by atoms with Crippen LogP contribution in [0.25, 0.3) is 0 Å². The van der Waals surface area contributed by atoms with Gasteiger partial charge >= 0.3 is 0 Å². The molecule has 5 unspecified atom stereocenters. The summed E-state index contributed by atoms with van der Waals surface area (Å²) in [4.78, 5) is 0. The van der Waals surface area contributed by atoms with Gasteiger partial charge in [0.05, 0.1) is 0 Å². The van der Waals surface area contributed by atoms with Crippen molar-refractivity contribution in [2.45, 2.75) is 32.6 Å². The van der Waals surface area contributed by atoms with Crippen LogP contribution in [0, 0.1) is 29.6 Å². The molecular weight excluding hydrogens is 144 g/mol. The van der Waals surface area contributed by atoms with Crippen molar-refractivity contribution in [1.82, 2.24) is 0 Å². The van der Waals surface area contributed by atoms with Crippen LogP contribution in [-0.4, -0.2) is 0 Å². The zero-order valence-corrected chi connectivity index (χ0v) is 7.87. The van der Waals surface area contributed by atoms with Crippen LogP contribution in [0.3, 0.4) is 0 Å². The fraction of sp³-hybridized carbons (Fsp3) is 0.833. The van der Waals surface area contributed by atoms with Gasteiger partial charge in [0.15, 0.2) is 0 Å². The number of rotatable bonds is 1. The molecular formula is C12H18. The lowest BCUT2D eigenvalue weighted by atomic mass is 9.82. The molecule has 2 bridgehead atoms. The highest BCUT2D eigenvalue weighted by atomic mass is 14.6. The van der Waals surface area contributed by atoms with E-state index in [1.165, 1.54) is 19.3 Å². The van der Waals surface area contributed by atoms with E-state index in [9.17, 15) is 0 Å². The maximum absolute atomic E-state index is 2.52. The topological polar surface area (TPSA) is 0 Å². The minimum atomic E-state index is 1.01. The zero-order chi connectivity index (χ0) is 8.13. The highest BCUT2D eigenvalue weighted by Gasteiger charge is 2.52. The van der Waals surface area contributed by atoms with Crippen LogP contribution in [0.5, 0.6) is 0 Å². The maximum Gasteiger partial charge on any atom is -0.0168 e. The third-order valence-corrected chi connectivity index (χ3v) is 4.71. The summed E-state index contributed by atoms with van der Waals surface area (Å²) in [5.74, 6) is 5.39. The van der Waals surface area contributed by atoms with E-state index in [0.29, 0.717) is 0 Å². The Morgan fingerprint density at radius 1 is 1.17 bits per heavy atom. The molecule has 0 aromatic rings. The molecule has 3 rings (SSSR count). The van der Waals surface area contributed by atoms with Crippen molar-refractivity contribution in [2.75, 3.05) is 0 Å². The van der Waals surface area contributed by atoms with Crippen LogP contribution in [0.4, 0.5) is 0 Å². The Bertz CT molecular complexity index is 216. The molecule has 0 amide bonds. The van der Waals surface area contributed by atoms with E-state index in [-0.39, 0.29) is 0 Å². The molecule has 5 atom stereocenters. The number of hydrogen-bond donors (Lipinski definition) is 0. The molecule has 0 aromatic carbocycles. The zero-order valence-electron chi connectivity index (χ0n) is 7.87. The summed E-state index contributed by atoms with van der Waals surface area (Å²) >= 11 is 0. The third-order valence-electron chi connectivity index (χ3n) is 4.71. The highest BCUT2D eigenvalue weighted by Crippen LogP contribution is 2.60. The van der Waals surface area contributed by atoms with E-state index in [1.807, 2.05) is 0 Å². The Balaban J connectivity index is 1.92. The van der Waals surface area contributed by atoms with E-state index in [4.69, 9.17) is 0 Å². The van der Waals surface area contributed by atoms with Crippen molar-refractivity contribution >= 4 is 0 Å². The Morgan fingerprint density at radius 3 is 2.75 bits per heavy atom. The largest absolute Gasteiger partial charge is 0.0879 e. The van der Waals surface area contributed by atoms with Crippen molar-refractivity contribution in [3.05, 3.63) is 12.2 Å². The molecule has 3 aliphatic rings. The molecule has 2 fully saturated rings. The molecule has 2 saturated carbocycles. The summed E-state index contributed by atoms with van der Waals surface area (Å²) in [7, 11) is 0. The lowest BCUT2D eigenvalue weighted by molar-refractivity contribution is 0.283. The second-order valence-electron chi connectivity index (χ2n) is 4.88.